The lowest BCUT2D eigenvalue weighted by Crippen LogP contribution is -2.68. The molecule has 0 unspecified atom stereocenters. The maximum atomic E-state index is 14.7. The predicted molar refractivity (Wildman–Crippen MR) is 231 cm³/mol. The maximum Gasteiger partial charge on any atom is 0.335 e. The molecule has 0 amide bonds. The molecule has 382 valence electrons. The number of aliphatic carboxylic acids is 1. The average molecular weight is 957 g/mol. The number of fused-ring (bicyclic) bond motifs is 7. The second kappa shape index (κ2) is 18.0. The van der Waals surface area contributed by atoms with Crippen molar-refractivity contribution in [3.8, 4) is 0 Å². The van der Waals surface area contributed by atoms with Gasteiger partial charge >= 0.3 is 11.9 Å². The van der Waals surface area contributed by atoms with Crippen molar-refractivity contribution in [1.82, 2.24) is 0 Å². The summed E-state index contributed by atoms with van der Waals surface area (Å²) in [5.41, 5.74) is -1.68. The molecule has 7 fully saturated rings. The molecule has 8 aliphatic rings. The van der Waals surface area contributed by atoms with Crippen LogP contribution < -0.4 is 0 Å². The Morgan fingerprint density at radius 1 is 0.687 bits per heavy atom. The molecule has 67 heavy (non-hydrogen) atoms. The van der Waals surface area contributed by atoms with Gasteiger partial charge in [0, 0.05) is 5.41 Å². The fourth-order valence-corrected chi connectivity index (χ4v) is 15.0. The van der Waals surface area contributed by atoms with Crippen LogP contribution in [0.3, 0.4) is 0 Å². The van der Waals surface area contributed by atoms with Crippen molar-refractivity contribution in [2.24, 2.45) is 50.2 Å². The summed E-state index contributed by atoms with van der Waals surface area (Å²) >= 11 is 0. The number of allylic oxidation sites excluding steroid dienone is 2. The minimum Gasteiger partial charge on any atom is -0.479 e. The highest BCUT2D eigenvalue weighted by Crippen LogP contribution is 2.76. The van der Waals surface area contributed by atoms with Gasteiger partial charge in [0.25, 0.3) is 0 Å². The van der Waals surface area contributed by atoms with Crippen LogP contribution in [0.25, 0.3) is 0 Å². The van der Waals surface area contributed by atoms with E-state index in [0.717, 1.165) is 19.3 Å². The van der Waals surface area contributed by atoms with E-state index >= 15 is 0 Å². The first-order valence-electron chi connectivity index (χ1n) is 24.3. The highest BCUT2D eigenvalue weighted by molar-refractivity contribution is 5.79. The van der Waals surface area contributed by atoms with Gasteiger partial charge in [-0.3, -0.25) is 4.79 Å². The van der Waals surface area contributed by atoms with Crippen LogP contribution in [0.15, 0.2) is 11.6 Å². The average Bonchev–Trinajstić information content (AvgIpc) is 3.27. The van der Waals surface area contributed by atoms with E-state index in [0.29, 0.717) is 44.9 Å². The van der Waals surface area contributed by atoms with Gasteiger partial charge in [0.05, 0.1) is 30.8 Å². The van der Waals surface area contributed by atoms with Gasteiger partial charge in [-0.15, -0.1) is 0 Å². The van der Waals surface area contributed by atoms with Crippen LogP contribution in [0.2, 0.25) is 0 Å². The van der Waals surface area contributed by atoms with Crippen LogP contribution in [0, 0.1) is 50.2 Å². The number of ether oxygens (including phenoxy) is 6. The molecule has 0 spiro atoms. The fraction of sp³-hybridized carbons (Fsp3) is 0.917. The minimum atomic E-state index is -1.96. The topological polar surface area (TPSA) is 312 Å². The molecule has 3 aliphatic heterocycles. The Balaban J connectivity index is 1.04. The van der Waals surface area contributed by atoms with E-state index in [1.54, 1.807) is 0 Å². The summed E-state index contributed by atoms with van der Waals surface area (Å²) in [6.45, 7) is 13.8. The predicted octanol–water partition coefficient (Wildman–Crippen LogP) is 0.233. The second-order valence-electron chi connectivity index (χ2n) is 23.3. The summed E-state index contributed by atoms with van der Waals surface area (Å²) < 4.78 is 35.2. The van der Waals surface area contributed by atoms with Crippen LogP contribution in [-0.4, -0.2) is 180 Å². The van der Waals surface area contributed by atoms with E-state index in [1.807, 2.05) is 6.92 Å². The zero-order valence-electron chi connectivity index (χ0n) is 39.7. The number of carbonyl (C=O) groups is 2. The number of carboxylic acids is 1. The van der Waals surface area contributed by atoms with Crippen molar-refractivity contribution < 1.29 is 94.2 Å². The van der Waals surface area contributed by atoms with Crippen LogP contribution in [0.1, 0.15) is 113 Å². The third kappa shape index (κ3) is 7.97. The molecule has 19 nitrogen and oxygen atoms in total. The Morgan fingerprint density at radius 2 is 1.33 bits per heavy atom. The smallest absolute Gasteiger partial charge is 0.335 e. The molecule has 5 aliphatic carbocycles. The maximum absolute atomic E-state index is 14.7. The lowest BCUT2D eigenvalue weighted by Gasteiger charge is -2.71. The molecule has 0 aromatic rings. The molecule has 8 rings (SSSR count). The standard InChI is InChI=1S/C48H76O19/c1-21-28(51)30(53)32(55)39(62-21)65-36-34(57)37(38(59)60)66-41(35(36)58)64-27-11-12-44(4)25(45(27,5)20-50)10-13-47(7)26(44)9-8-22-23-18-43(2,3)14-16-48(23,17-15-46(22,47)6)42(61)67-40-33(56)31(54)29(52)24(19-49)63-40/h8,21,23-37,39-41,49-58H,9-20H2,1-7H3,(H,59,60)/t21-,23-,24+,25+,26+,27-,28-,29+,30+,31-,32+,33+,34-,35+,36-,37-,39-,40-,41+,44-,45-,46+,47+,48-/m0/s1. The Hall–Kier alpha value is -1.92. The number of esters is 1. The highest BCUT2D eigenvalue weighted by atomic mass is 16.7. The molecule has 11 N–H and O–H groups in total. The molecule has 0 radical (unpaired) electrons. The first-order valence-corrected chi connectivity index (χ1v) is 24.3. The Labute approximate surface area is 391 Å². The van der Waals surface area contributed by atoms with E-state index in [2.05, 4.69) is 40.7 Å². The van der Waals surface area contributed by atoms with Crippen molar-refractivity contribution in [2.75, 3.05) is 13.2 Å². The van der Waals surface area contributed by atoms with E-state index in [9.17, 15) is 65.8 Å². The molecule has 0 bridgehead atoms. The summed E-state index contributed by atoms with van der Waals surface area (Å²) in [7, 11) is 0. The van der Waals surface area contributed by atoms with Crippen molar-refractivity contribution in [3.05, 3.63) is 11.6 Å². The van der Waals surface area contributed by atoms with Crippen LogP contribution in [0.5, 0.6) is 0 Å². The van der Waals surface area contributed by atoms with E-state index in [4.69, 9.17) is 28.4 Å². The number of carboxylic acid groups (broad SMARTS) is 1. The van der Waals surface area contributed by atoms with Gasteiger partial charge in [-0.25, -0.2) is 4.79 Å². The van der Waals surface area contributed by atoms with E-state index in [-0.39, 0.29) is 46.0 Å². The number of rotatable bonds is 9. The normalized spacial score (nSPS) is 54.0. The van der Waals surface area contributed by atoms with E-state index in [1.165, 1.54) is 12.5 Å². The second-order valence-corrected chi connectivity index (χ2v) is 23.3. The van der Waals surface area contributed by atoms with Gasteiger partial charge in [0.15, 0.2) is 18.7 Å². The third-order valence-electron chi connectivity index (χ3n) is 19.4. The lowest BCUT2D eigenvalue weighted by molar-refractivity contribution is -0.364. The largest absolute Gasteiger partial charge is 0.479 e. The summed E-state index contributed by atoms with van der Waals surface area (Å²) in [6, 6.07) is 0. The van der Waals surface area contributed by atoms with Crippen molar-refractivity contribution in [1.29, 1.82) is 0 Å². The Morgan fingerprint density at radius 3 is 1.99 bits per heavy atom. The highest BCUT2D eigenvalue weighted by Gasteiger charge is 2.71. The summed E-state index contributed by atoms with van der Waals surface area (Å²) in [5.74, 6) is -2.27. The van der Waals surface area contributed by atoms with E-state index < -0.39 is 128 Å². The molecule has 24 atom stereocenters. The zero-order chi connectivity index (χ0) is 49.1. The first kappa shape index (κ1) is 51.4. The quantitative estimate of drug-likeness (QED) is 0.0838. The summed E-state index contributed by atoms with van der Waals surface area (Å²) in [6.07, 6.45) is -16.5. The van der Waals surface area contributed by atoms with Gasteiger partial charge in [0.2, 0.25) is 6.29 Å². The van der Waals surface area contributed by atoms with Crippen LogP contribution >= 0.6 is 0 Å². The summed E-state index contributed by atoms with van der Waals surface area (Å²) in [4.78, 5) is 27.1. The van der Waals surface area contributed by atoms with Gasteiger partial charge in [-0.2, -0.15) is 0 Å². The number of aliphatic hydroxyl groups is 10. The summed E-state index contributed by atoms with van der Waals surface area (Å²) in [5, 5.41) is 117. The van der Waals surface area contributed by atoms with Crippen LogP contribution in [0.4, 0.5) is 0 Å². The third-order valence-corrected chi connectivity index (χ3v) is 19.4. The number of hydrogen-bond donors (Lipinski definition) is 11. The fourth-order valence-electron chi connectivity index (χ4n) is 15.0. The van der Waals surface area contributed by atoms with Gasteiger partial charge in [-0.05, 0) is 111 Å². The van der Waals surface area contributed by atoms with Crippen molar-refractivity contribution in [3.63, 3.8) is 0 Å². The van der Waals surface area contributed by atoms with Gasteiger partial charge in [0.1, 0.15) is 61.0 Å². The first-order chi connectivity index (χ1) is 31.2. The molecular formula is C48H76O19. The van der Waals surface area contributed by atoms with Crippen LogP contribution in [-0.2, 0) is 38.0 Å². The number of carbonyl (C=O) groups excluding carboxylic acids is 1. The molecule has 0 aromatic heterocycles. The lowest BCUT2D eigenvalue weighted by atomic mass is 9.33. The SMILES string of the molecule is C[C@@H]1O[C@@H](O[C@@H]2[C@@H](O)[C@H](O[C@H]3CC[C@@]4(C)[C@@H](CC[C@]5(C)[C@@H]4CC=C4[C@@H]6CC(C)(C)CC[C@]6(C(=O)O[C@@H]6O[C@H](CO)[C@@H](O)[C@H](O)[C@H]6O)CC[C@]45C)[C@]3(C)CO)O[C@H](C(=O)O)[C@H]2O)[C@H](O)[C@H](O)[C@H]1O. The monoisotopic (exact) mass is 956 g/mol. The number of aliphatic hydroxyl groups excluding tert-OH is 10. The zero-order valence-corrected chi connectivity index (χ0v) is 39.7. The minimum absolute atomic E-state index is 0.0979. The Kier molecular flexibility index (Phi) is 13.8. The molecule has 3 heterocycles. The molecule has 0 aromatic carbocycles. The molecule has 19 heteroatoms. The van der Waals surface area contributed by atoms with Gasteiger partial charge < -0.3 is 84.6 Å². The van der Waals surface area contributed by atoms with Crippen molar-refractivity contribution in [2.45, 2.75) is 211 Å². The van der Waals surface area contributed by atoms with Gasteiger partial charge in [-0.1, -0.05) is 53.2 Å². The molecule has 3 saturated heterocycles. The molecular weight excluding hydrogens is 881 g/mol. The van der Waals surface area contributed by atoms with Crippen molar-refractivity contribution >= 4 is 11.9 Å². The number of hydrogen-bond acceptors (Lipinski definition) is 18. The Bertz CT molecular complexity index is 1880. The molecule has 4 saturated carbocycles.